The number of hydrogen-bond donors (Lipinski definition) is 0. The van der Waals surface area contributed by atoms with Crippen molar-refractivity contribution in [2.75, 3.05) is 13.2 Å². The number of unbranched alkanes of at least 4 members (excludes halogenated alkanes) is 15. The van der Waals surface area contributed by atoms with E-state index in [-0.39, 0.29) is 12.8 Å². The molecule has 0 amide bonds. The third-order valence-corrected chi connectivity index (χ3v) is 10.3. The van der Waals surface area contributed by atoms with Crippen LogP contribution in [0.5, 0.6) is 34.5 Å². The summed E-state index contributed by atoms with van der Waals surface area (Å²) < 4.78 is 33.4. The van der Waals surface area contributed by atoms with Crippen LogP contribution in [0.25, 0.3) is 0 Å². The number of carbonyl (C=O) groups is 4. The van der Waals surface area contributed by atoms with Gasteiger partial charge in [-0.1, -0.05) is 104 Å². The fraction of sp³-hybridized carbons (Fsp3) is 0.462. The molecule has 4 aromatic carbocycles. The van der Waals surface area contributed by atoms with Gasteiger partial charge in [0.25, 0.3) is 0 Å². The Kier molecular flexibility index (Phi) is 23.4. The Morgan fingerprint density at radius 1 is 0.323 bits per heavy atom. The molecule has 0 aliphatic rings. The minimum absolute atomic E-state index is 0.109. The first kappa shape index (κ1) is 49.0. The van der Waals surface area contributed by atoms with Crippen molar-refractivity contribution in [1.82, 2.24) is 0 Å². The van der Waals surface area contributed by atoms with Crippen molar-refractivity contribution in [2.24, 2.45) is 0 Å². The molecule has 62 heavy (non-hydrogen) atoms. The van der Waals surface area contributed by atoms with Gasteiger partial charge >= 0.3 is 23.9 Å². The monoisotopic (exact) mass is 850 g/mol. The molecule has 0 aliphatic carbocycles. The Bertz CT molecular complexity index is 1730. The van der Waals surface area contributed by atoms with E-state index in [9.17, 15) is 19.2 Å². The number of hydrogen-bond acceptors (Lipinski definition) is 10. The number of carbonyl (C=O) groups excluding carboxylic acids is 4. The van der Waals surface area contributed by atoms with Gasteiger partial charge in [0.1, 0.15) is 34.5 Å². The molecular formula is C52H66O10. The summed E-state index contributed by atoms with van der Waals surface area (Å²) in [7, 11) is 0. The van der Waals surface area contributed by atoms with Crippen LogP contribution >= 0.6 is 0 Å². The lowest BCUT2D eigenvalue weighted by molar-refractivity contribution is -0.136. The van der Waals surface area contributed by atoms with E-state index >= 15 is 0 Å². The Morgan fingerprint density at radius 3 is 0.919 bits per heavy atom. The minimum Gasteiger partial charge on any atom is -0.494 e. The van der Waals surface area contributed by atoms with Gasteiger partial charge in [-0.2, -0.15) is 0 Å². The fourth-order valence-corrected chi connectivity index (χ4v) is 6.61. The number of ether oxygens (including phenoxy) is 6. The summed E-state index contributed by atoms with van der Waals surface area (Å²) in [5, 5.41) is 0. The molecule has 0 aromatic heterocycles. The van der Waals surface area contributed by atoms with Crippen LogP contribution in [0, 0.1) is 0 Å². The Balaban J connectivity index is 1.04. The largest absolute Gasteiger partial charge is 0.494 e. The van der Waals surface area contributed by atoms with E-state index in [4.69, 9.17) is 28.4 Å². The molecule has 0 spiro atoms. The third-order valence-electron chi connectivity index (χ3n) is 10.3. The molecule has 4 rings (SSSR count). The number of benzene rings is 4. The molecule has 0 saturated heterocycles. The van der Waals surface area contributed by atoms with Crippen molar-refractivity contribution in [3.8, 4) is 34.5 Å². The van der Waals surface area contributed by atoms with Crippen molar-refractivity contribution < 1.29 is 47.6 Å². The Hall–Kier alpha value is -5.64. The van der Waals surface area contributed by atoms with Gasteiger partial charge in [-0.25, -0.2) is 9.59 Å². The molecule has 0 atom stereocenters. The average Bonchev–Trinajstić information content (AvgIpc) is 3.28. The Labute approximate surface area is 368 Å². The SMILES string of the molecule is CCCCCCCCCCOc1ccc(C(=O)Oc2ccc(OC(=O)CCCCC(=O)Oc3ccc(OC(=O)c4ccc(OCCCCCCCCCC)cc4)cc3)cc2)cc1. The van der Waals surface area contributed by atoms with E-state index in [0.717, 1.165) is 25.7 Å². The standard InChI is InChI=1S/C52H66O10/c1-3-5-7-9-11-13-15-19-39-57-43-27-23-41(24-28-43)51(55)61-47-35-31-45(32-36-47)59-49(53)21-17-18-22-50(54)60-46-33-37-48(38-34-46)62-52(56)42-25-29-44(30-26-42)58-40-20-16-14-12-10-8-6-4-2/h23-38H,3-22,39-40H2,1-2H3. The maximum Gasteiger partial charge on any atom is 0.343 e. The lowest BCUT2D eigenvalue weighted by Gasteiger charge is -2.09. The predicted molar refractivity (Wildman–Crippen MR) is 242 cm³/mol. The van der Waals surface area contributed by atoms with Gasteiger partial charge in [-0.3, -0.25) is 9.59 Å². The second-order valence-electron chi connectivity index (χ2n) is 15.6. The topological polar surface area (TPSA) is 124 Å². The maximum absolute atomic E-state index is 12.7. The summed E-state index contributed by atoms with van der Waals surface area (Å²) in [6.45, 7) is 5.76. The first-order valence-electron chi connectivity index (χ1n) is 22.8. The van der Waals surface area contributed by atoms with E-state index in [2.05, 4.69) is 13.8 Å². The highest BCUT2D eigenvalue weighted by Gasteiger charge is 2.13. The number of rotatable bonds is 31. The van der Waals surface area contributed by atoms with Crippen LogP contribution in [-0.4, -0.2) is 37.1 Å². The van der Waals surface area contributed by atoms with E-state index < -0.39 is 23.9 Å². The van der Waals surface area contributed by atoms with E-state index in [1.165, 1.54) is 77.0 Å². The molecular weight excluding hydrogens is 785 g/mol. The molecule has 0 saturated carbocycles. The molecule has 334 valence electrons. The van der Waals surface area contributed by atoms with Crippen LogP contribution in [0.4, 0.5) is 0 Å². The zero-order valence-electron chi connectivity index (χ0n) is 36.9. The van der Waals surface area contributed by atoms with E-state index in [1.807, 2.05) is 0 Å². The number of esters is 4. The summed E-state index contributed by atoms with van der Waals surface area (Å²) in [5.41, 5.74) is 0.792. The van der Waals surface area contributed by atoms with Crippen LogP contribution in [0.3, 0.4) is 0 Å². The van der Waals surface area contributed by atoms with Crippen LogP contribution in [0.2, 0.25) is 0 Å². The van der Waals surface area contributed by atoms with Crippen molar-refractivity contribution >= 4 is 23.9 Å². The molecule has 4 aromatic rings. The summed E-state index contributed by atoms with van der Waals surface area (Å²) >= 11 is 0. The van der Waals surface area contributed by atoms with Crippen LogP contribution in [0.15, 0.2) is 97.1 Å². The van der Waals surface area contributed by atoms with Crippen molar-refractivity contribution in [3.63, 3.8) is 0 Å². The first-order valence-corrected chi connectivity index (χ1v) is 22.8. The zero-order chi connectivity index (χ0) is 44.0. The Morgan fingerprint density at radius 2 is 0.597 bits per heavy atom. The maximum atomic E-state index is 12.7. The smallest absolute Gasteiger partial charge is 0.343 e. The quantitative estimate of drug-likeness (QED) is 0.0274. The lowest BCUT2D eigenvalue weighted by Crippen LogP contribution is -2.11. The zero-order valence-corrected chi connectivity index (χ0v) is 36.9. The van der Waals surface area contributed by atoms with Gasteiger partial charge in [-0.05, 0) is 123 Å². The molecule has 10 heteroatoms. The first-order chi connectivity index (χ1) is 30.3. The third kappa shape index (κ3) is 20.3. The van der Waals surface area contributed by atoms with Crippen LogP contribution in [0.1, 0.15) is 163 Å². The molecule has 0 fully saturated rings. The van der Waals surface area contributed by atoms with Crippen molar-refractivity contribution in [2.45, 2.75) is 142 Å². The highest BCUT2D eigenvalue weighted by molar-refractivity contribution is 5.91. The fourth-order valence-electron chi connectivity index (χ4n) is 6.61. The second kappa shape index (κ2) is 29.6. The summed E-state index contributed by atoms with van der Waals surface area (Å²) in [4.78, 5) is 50.2. The van der Waals surface area contributed by atoms with Gasteiger partial charge in [0.15, 0.2) is 0 Å². The lowest BCUT2D eigenvalue weighted by atomic mass is 10.1. The summed E-state index contributed by atoms with van der Waals surface area (Å²) in [5.74, 6) is 0.778. The predicted octanol–water partition coefficient (Wildman–Crippen LogP) is 13.2. The van der Waals surface area contributed by atoms with E-state index in [0.29, 0.717) is 71.7 Å². The highest BCUT2D eigenvalue weighted by Crippen LogP contribution is 2.23. The highest BCUT2D eigenvalue weighted by atomic mass is 16.5. The normalized spacial score (nSPS) is 10.8. The molecule has 10 nitrogen and oxygen atoms in total. The van der Waals surface area contributed by atoms with Gasteiger partial charge in [0.2, 0.25) is 0 Å². The average molecular weight is 851 g/mol. The minimum atomic E-state index is -0.506. The van der Waals surface area contributed by atoms with Crippen LogP contribution < -0.4 is 28.4 Å². The van der Waals surface area contributed by atoms with Gasteiger partial charge in [0.05, 0.1) is 24.3 Å². The van der Waals surface area contributed by atoms with Gasteiger partial charge < -0.3 is 28.4 Å². The van der Waals surface area contributed by atoms with Gasteiger partial charge in [0, 0.05) is 12.8 Å². The molecule has 0 radical (unpaired) electrons. The summed E-state index contributed by atoms with van der Waals surface area (Å²) in [6, 6.07) is 26.2. The molecule has 0 unspecified atom stereocenters. The molecule has 0 N–H and O–H groups in total. The molecule has 0 bridgehead atoms. The summed E-state index contributed by atoms with van der Waals surface area (Å²) in [6.07, 6.45) is 20.9. The second-order valence-corrected chi connectivity index (χ2v) is 15.6. The molecule has 0 heterocycles. The van der Waals surface area contributed by atoms with Gasteiger partial charge in [-0.15, -0.1) is 0 Å². The van der Waals surface area contributed by atoms with Crippen molar-refractivity contribution in [1.29, 1.82) is 0 Å². The van der Waals surface area contributed by atoms with Crippen molar-refractivity contribution in [3.05, 3.63) is 108 Å². The molecule has 0 aliphatic heterocycles. The van der Waals surface area contributed by atoms with E-state index in [1.54, 1.807) is 97.1 Å². The van der Waals surface area contributed by atoms with Crippen LogP contribution in [-0.2, 0) is 9.59 Å².